The van der Waals surface area contributed by atoms with Crippen LogP contribution in [-0.4, -0.2) is 25.2 Å². The molecule has 15 heavy (non-hydrogen) atoms. The second-order valence-corrected chi connectivity index (χ2v) is 3.25. The van der Waals surface area contributed by atoms with E-state index in [1.54, 1.807) is 0 Å². The Kier molecular flexibility index (Phi) is 2.55. The van der Waals surface area contributed by atoms with Crippen molar-refractivity contribution in [2.75, 3.05) is 13.2 Å². The molecule has 0 aliphatic carbocycles. The van der Waals surface area contributed by atoms with E-state index in [2.05, 4.69) is 0 Å². The van der Waals surface area contributed by atoms with Crippen molar-refractivity contribution in [3.63, 3.8) is 0 Å². The third kappa shape index (κ3) is 2.24. The van der Waals surface area contributed by atoms with Crippen LogP contribution in [0.1, 0.15) is 10.4 Å². The summed E-state index contributed by atoms with van der Waals surface area (Å²) >= 11 is 0. The minimum absolute atomic E-state index is 0.00494. The van der Waals surface area contributed by atoms with Gasteiger partial charge >= 0.3 is 0 Å². The van der Waals surface area contributed by atoms with E-state index in [0.717, 1.165) is 0 Å². The van der Waals surface area contributed by atoms with Crippen LogP contribution in [0.2, 0.25) is 0 Å². The van der Waals surface area contributed by atoms with Crippen molar-refractivity contribution < 1.29 is 18.7 Å². The van der Waals surface area contributed by atoms with Crippen LogP contribution in [0.4, 0.5) is 4.39 Å². The Morgan fingerprint density at radius 1 is 1.67 bits per heavy atom. The molecular weight excluding hydrogens is 201 g/mol. The molecule has 1 aliphatic rings. The van der Waals surface area contributed by atoms with E-state index in [1.165, 1.54) is 18.2 Å². The highest BCUT2D eigenvalue weighted by atomic mass is 19.1. The molecule has 1 amide bonds. The SMILES string of the molecule is NC(=O)c1cccc(F)c1OCC1CO1. The van der Waals surface area contributed by atoms with E-state index in [4.69, 9.17) is 15.2 Å². The van der Waals surface area contributed by atoms with Gasteiger partial charge in [-0.15, -0.1) is 0 Å². The van der Waals surface area contributed by atoms with E-state index in [-0.39, 0.29) is 24.0 Å². The topological polar surface area (TPSA) is 64.9 Å². The van der Waals surface area contributed by atoms with E-state index in [0.29, 0.717) is 6.61 Å². The molecule has 80 valence electrons. The molecule has 0 radical (unpaired) electrons. The van der Waals surface area contributed by atoms with Crippen molar-refractivity contribution in [2.24, 2.45) is 5.73 Å². The molecule has 0 bridgehead atoms. The zero-order valence-electron chi connectivity index (χ0n) is 7.90. The third-order valence-electron chi connectivity index (χ3n) is 2.05. The molecule has 1 aliphatic heterocycles. The maximum absolute atomic E-state index is 13.3. The Morgan fingerprint density at radius 2 is 2.40 bits per heavy atom. The molecule has 2 N–H and O–H groups in total. The summed E-state index contributed by atoms with van der Waals surface area (Å²) in [6.07, 6.45) is 0.00494. The van der Waals surface area contributed by atoms with Crippen LogP contribution in [0.25, 0.3) is 0 Å². The van der Waals surface area contributed by atoms with Gasteiger partial charge in [0.2, 0.25) is 0 Å². The van der Waals surface area contributed by atoms with Crippen LogP contribution >= 0.6 is 0 Å². The first-order chi connectivity index (χ1) is 7.18. The lowest BCUT2D eigenvalue weighted by molar-refractivity contribution is 0.0994. The minimum atomic E-state index is -0.707. The number of rotatable bonds is 4. The number of carbonyl (C=O) groups is 1. The van der Waals surface area contributed by atoms with Gasteiger partial charge in [-0.3, -0.25) is 4.79 Å². The number of nitrogens with two attached hydrogens (primary N) is 1. The molecule has 4 nitrogen and oxygen atoms in total. The van der Waals surface area contributed by atoms with Crippen LogP contribution in [-0.2, 0) is 4.74 Å². The Hall–Kier alpha value is -1.62. The number of hydrogen-bond acceptors (Lipinski definition) is 3. The molecule has 2 rings (SSSR count). The number of para-hydroxylation sites is 1. The van der Waals surface area contributed by atoms with Crippen LogP contribution in [0.3, 0.4) is 0 Å². The molecule has 5 heteroatoms. The molecule has 1 saturated heterocycles. The number of halogens is 1. The van der Waals surface area contributed by atoms with E-state index < -0.39 is 11.7 Å². The van der Waals surface area contributed by atoms with Gasteiger partial charge in [0.1, 0.15) is 12.7 Å². The monoisotopic (exact) mass is 211 g/mol. The van der Waals surface area contributed by atoms with E-state index in [1.807, 2.05) is 0 Å². The number of hydrogen-bond donors (Lipinski definition) is 1. The highest BCUT2D eigenvalue weighted by molar-refractivity contribution is 5.95. The summed E-state index contributed by atoms with van der Waals surface area (Å²) in [5.74, 6) is -1.39. The smallest absolute Gasteiger partial charge is 0.252 e. The van der Waals surface area contributed by atoms with Crippen molar-refractivity contribution in [3.05, 3.63) is 29.6 Å². The lowest BCUT2D eigenvalue weighted by Gasteiger charge is -2.08. The summed E-state index contributed by atoms with van der Waals surface area (Å²) in [6.45, 7) is 0.849. The highest BCUT2D eigenvalue weighted by Crippen LogP contribution is 2.23. The van der Waals surface area contributed by atoms with Crippen LogP contribution < -0.4 is 10.5 Å². The average Bonchev–Trinajstić information content (AvgIpc) is 2.99. The normalized spacial score (nSPS) is 18.6. The molecule has 1 heterocycles. The zero-order valence-corrected chi connectivity index (χ0v) is 7.90. The summed E-state index contributed by atoms with van der Waals surface area (Å²) in [5.41, 5.74) is 5.14. The van der Waals surface area contributed by atoms with Crippen molar-refractivity contribution in [3.8, 4) is 5.75 Å². The third-order valence-corrected chi connectivity index (χ3v) is 2.05. The van der Waals surface area contributed by atoms with Crippen molar-refractivity contribution in [1.82, 2.24) is 0 Å². The standard InChI is InChI=1S/C10H10FNO3/c11-8-3-1-2-7(10(12)13)9(8)15-5-6-4-14-6/h1-3,6H,4-5H2,(H2,12,13). The molecule has 1 fully saturated rings. The van der Waals surface area contributed by atoms with Crippen molar-refractivity contribution in [1.29, 1.82) is 0 Å². The lowest BCUT2D eigenvalue weighted by atomic mass is 10.2. The Morgan fingerprint density at radius 3 is 3.00 bits per heavy atom. The van der Waals surface area contributed by atoms with Crippen LogP contribution in [0, 0.1) is 5.82 Å². The van der Waals surface area contributed by atoms with Gasteiger partial charge in [0.25, 0.3) is 5.91 Å². The second-order valence-electron chi connectivity index (χ2n) is 3.25. The summed E-state index contributed by atoms with van der Waals surface area (Å²) in [5, 5.41) is 0. The molecule has 0 aromatic heterocycles. The number of amides is 1. The molecular formula is C10H10FNO3. The number of ether oxygens (including phenoxy) is 2. The fourth-order valence-corrected chi connectivity index (χ4v) is 1.19. The predicted molar refractivity (Wildman–Crippen MR) is 50.2 cm³/mol. The summed E-state index contributed by atoms with van der Waals surface area (Å²) in [7, 11) is 0. The zero-order chi connectivity index (χ0) is 10.8. The van der Waals surface area contributed by atoms with Crippen molar-refractivity contribution >= 4 is 5.91 Å². The van der Waals surface area contributed by atoms with Gasteiger partial charge < -0.3 is 15.2 Å². The fourth-order valence-electron chi connectivity index (χ4n) is 1.19. The average molecular weight is 211 g/mol. The first kappa shape index (κ1) is 9.92. The van der Waals surface area contributed by atoms with Gasteiger partial charge in [-0.25, -0.2) is 4.39 Å². The van der Waals surface area contributed by atoms with E-state index in [9.17, 15) is 9.18 Å². The minimum Gasteiger partial charge on any atom is -0.487 e. The highest BCUT2D eigenvalue weighted by Gasteiger charge is 2.24. The first-order valence-corrected chi connectivity index (χ1v) is 4.51. The maximum Gasteiger partial charge on any atom is 0.252 e. The van der Waals surface area contributed by atoms with Crippen LogP contribution in [0.15, 0.2) is 18.2 Å². The number of benzene rings is 1. The fraction of sp³-hybridized carbons (Fsp3) is 0.300. The van der Waals surface area contributed by atoms with Gasteiger partial charge in [-0.1, -0.05) is 6.07 Å². The molecule has 1 aromatic carbocycles. The van der Waals surface area contributed by atoms with E-state index >= 15 is 0 Å². The maximum atomic E-state index is 13.3. The Bertz CT molecular complexity index is 390. The largest absolute Gasteiger partial charge is 0.487 e. The van der Waals surface area contributed by atoms with Crippen LogP contribution in [0.5, 0.6) is 5.75 Å². The molecule has 0 saturated carbocycles. The molecule has 1 aromatic rings. The number of carbonyl (C=O) groups excluding carboxylic acids is 1. The molecule has 0 spiro atoms. The second kappa shape index (κ2) is 3.86. The van der Waals surface area contributed by atoms with Gasteiger partial charge in [0.15, 0.2) is 11.6 Å². The molecule has 1 atom stereocenters. The summed E-state index contributed by atoms with van der Waals surface area (Å²) < 4.78 is 23.4. The lowest BCUT2D eigenvalue weighted by Crippen LogP contribution is -2.15. The summed E-state index contributed by atoms with van der Waals surface area (Å²) in [6, 6.07) is 4.06. The van der Waals surface area contributed by atoms with Gasteiger partial charge in [0.05, 0.1) is 12.2 Å². The quantitative estimate of drug-likeness (QED) is 0.745. The Balaban J connectivity index is 2.20. The van der Waals surface area contributed by atoms with Gasteiger partial charge in [-0.05, 0) is 12.1 Å². The first-order valence-electron chi connectivity index (χ1n) is 4.51. The van der Waals surface area contributed by atoms with Gasteiger partial charge in [-0.2, -0.15) is 0 Å². The number of epoxide rings is 1. The molecule has 1 unspecified atom stereocenters. The number of primary amides is 1. The Labute approximate surface area is 85.8 Å². The predicted octanol–water partition coefficient (Wildman–Crippen LogP) is 0.702. The summed E-state index contributed by atoms with van der Waals surface area (Å²) in [4.78, 5) is 11.0. The van der Waals surface area contributed by atoms with Gasteiger partial charge in [0, 0.05) is 0 Å². The van der Waals surface area contributed by atoms with Crippen molar-refractivity contribution in [2.45, 2.75) is 6.10 Å².